The fourth-order valence-corrected chi connectivity index (χ4v) is 4.11. The SMILES string of the molecule is C=CC(C)C1=CC[C@H]2C(C)C(C)CC[C@]12C. The maximum absolute atomic E-state index is 3.97. The molecule has 0 bridgehead atoms. The van der Waals surface area contributed by atoms with Gasteiger partial charge in [0.25, 0.3) is 0 Å². The Balaban J connectivity index is 2.26. The Labute approximate surface area is 101 Å². The standard InChI is InChI=1S/C16H26/c1-6-11(2)14-7-8-15-13(4)12(3)9-10-16(14,15)5/h6-7,11-13,15H,1,8-10H2,2-5H3/t11?,12?,13?,15-,16+/m0/s1. The van der Waals surface area contributed by atoms with Gasteiger partial charge in [-0.15, -0.1) is 6.58 Å². The first-order chi connectivity index (χ1) is 7.50. The number of rotatable bonds is 2. The molecule has 0 N–H and O–H groups in total. The van der Waals surface area contributed by atoms with Gasteiger partial charge in [-0.2, -0.15) is 0 Å². The van der Waals surface area contributed by atoms with E-state index >= 15 is 0 Å². The molecule has 0 aliphatic heterocycles. The maximum Gasteiger partial charge on any atom is -0.00488 e. The van der Waals surface area contributed by atoms with E-state index < -0.39 is 0 Å². The second-order valence-corrected chi connectivity index (χ2v) is 6.32. The van der Waals surface area contributed by atoms with Crippen LogP contribution in [0.2, 0.25) is 0 Å². The monoisotopic (exact) mass is 218 g/mol. The van der Waals surface area contributed by atoms with E-state index in [0.717, 1.165) is 17.8 Å². The molecule has 1 fully saturated rings. The summed E-state index contributed by atoms with van der Waals surface area (Å²) < 4.78 is 0. The van der Waals surface area contributed by atoms with Gasteiger partial charge in [0.1, 0.15) is 0 Å². The van der Waals surface area contributed by atoms with Crippen molar-refractivity contribution < 1.29 is 0 Å². The molecule has 2 aliphatic rings. The topological polar surface area (TPSA) is 0 Å². The average molecular weight is 218 g/mol. The van der Waals surface area contributed by atoms with Crippen molar-refractivity contribution >= 4 is 0 Å². The molecule has 0 saturated heterocycles. The summed E-state index contributed by atoms with van der Waals surface area (Å²) in [6.45, 7) is 13.7. The van der Waals surface area contributed by atoms with Crippen molar-refractivity contribution in [2.45, 2.75) is 47.0 Å². The van der Waals surface area contributed by atoms with E-state index in [2.05, 4.69) is 46.4 Å². The van der Waals surface area contributed by atoms with E-state index in [1.807, 2.05) is 0 Å². The summed E-state index contributed by atoms with van der Waals surface area (Å²) in [5.41, 5.74) is 2.14. The van der Waals surface area contributed by atoms with Crippen LogP contribution in [-0.2, 0) is 0 Å². The summed E-state index contributed by atoms with van der Waals surface area (Å²) >= 11 is 0. The highest BCUT2D eigenvalue weighted by Gasteiger charge is 2.48. The van der Waals surface area contributed by atoms with E-state index in [1.165, 1.54) is 19.3 Å². The molecule has 3 unspecified atom stereocenters. The van der Waals surface area contributed by atoms with Gasteiger partial charge in [-0.1, -0.05) is 45.4 Å². The minimum absolute atomic E-state index is 0.472. The largest absolute Gasteiger partial charge is 0.102 e. The molecule has 1 saturated carbocycles. The molecule has 2 aliphatic carbocycles. The zero-order valence-electron chi connectivity index (χ0n) is 11.3. The van der Waals surface area contributed by atoms with Gasteiger partial charge in [0.05, 0.1) is 0 Å². The van der Waals surface area contributed by atoms with Crippen molar-refractivity contribution in [3.8, 4) is 0 Å². The zero-order valence-corrected chi connectivity index (χ0v) is 11.3. The number of hydrogen-bond donors (Lipinski definition) is 0. The van der Waals surface area contributed by atoms with E-state index in [0.29, 0.717) is 11.3 Å². The van der Waals surface area contributed by atoms with Crippen LogP contribution in [0.3, 0.4) is 0 Å². The second kappa shape index (κ2) is 4.05. The Bertz CT molecular complexity index is 312. The van der Waals surface area contributed by atoms with E-state index in [4.69, 9.17) is 0 Å². The van der Waals surface area contributed by atoms with Gasteiger partial charge in [-0.3, -0.25) is 0 Å². The van der Waals surface area contributed by atoms with E-state index in [-0.39, 0.29) is 0 Å². The molecule has 0 heterocycles. The third kappa shape index (κ3) is 1.58. The zero-order chi connectivity index (χ0) is 11.9. The summed E-state index contributed by atoms with van der Waals surface area (Å²) in [7, 11) is 0. The minimum Gasteiger partial charge on any atom is -0.102 e. The Kier molecular flexibility index (Phi) is 3.03. The van der Waals surface area contributed by atoms with Crippen LogP contribution >= 0.6 is 0 Å². The fourth-order valence-electron chi connectivity index (χ4n) is 4.11. The molecule has 0 nitrogen and oxygen atoms in total. The van der Waals surface area contributed by atoms with Crippen LogP contribution in [0.1, 0.15) is 47.0 Å². The quantitative estimate of drug-likeness (QED) is 0.582. The van der Waals surface area contributed by atoms with Gasteiger partial charge >= 0.3 is 0 Å². The lowest BCUT2D eigenvalue weighted by Crippen LogP contribution is -2.38. The van der Waals surface area contributed by atoms with Crippen LogP contribution < -0.4 is 0 Å². The van der Waals surface area contributed by atoms with Crippen LogP contribution in [0, 0.1) is 29.1 Å². The molecule has 0 radical (unpaired) electrons. The lowest BCUT2D eigenvalue weighted by molar-refractivity contribution is 0.0699. The Morgan fingerprint density at radius 3 is 2.81 bits per heavy atom. The highest BCUT2D eigenvalue weighted by atomic mass is 14.5. The molecular weight excluding hydrogens is 192 g/mol. The summed E-state index contributed by atoms with van der Waals surface area (Å²) in [6.07, 6.45) is 8.71. The molecule has 90 valence electrons. The van der Waals surface area contributed by atoms with Crippen molar-refractivity contribution in [2.24, 2.45) is 29.1 Å². The van der Waals surface area contributed by atoms with Gasteiger partial charge in [0.15, 0.2) is 0 Å². The predicted octanol–water partition coefficient (Wildman–Crippen LogP) is 4.83. The van der Waals surface area contributed by atoms with Crippen LogP contribution in [-0.4, -0.2) is 0 Å². The molecule has 0 aromatic carbocycles. The summed E-state index contributed by atoms with van der Waals surface area (Å²) in [5, 5.41) is 0. The Morgan fingerprint density at radius 2 is 2.19 bits per heavy atom. The van der Waals surface area contributed by atoms with Crippen molar-refractivity contribution in [3.05, 3.63) is 24.3 Å². The van der Waals surface area contributed by atoms with Crippen LogP contribution in [0.4, 0.5) is 0 Å². The molecule has 0 aromatic heterocycles. The third-order valence-electron chi connectivity index (χ3n) is 5.56. The lowest BCUT2D eigenvalue weighted by atomic mass is 9.58. The first-order valence-electron chi connectivity index (χ1n) is 6.83. The van der Waals surface area contributed by atoms with Crippen LogP contribution in [0.25, 0.3) is 0 Å². The molecule has 0 spiro atoms. The molecule has 5 atom stereocenters. The van der Waals surface area contributed by atoms with Crippen molar-refractivity contribution in [1.82, 2.24) is 0 Å². The van der Waals surface area contributed by atoms with Gasteiger partial charge in [-0.05, 0) is 48.3 Å². The van der Waals surface area contributed by atoms with E-state index in [1.54, 1.807) is 5.57 Å². The number of allylic oxidation sites excluding steroid dienone is 3. The number of hydrogen-bond acceptors (Lipinski definition) is 0. The Hall–Kier alpha value is -0.520. The highest BCUT2D eigenvalue weighted by Crippen LogP contribution is 2.57. The molecular formula is C16H26. The van der Waals surface area contributed by atoms with Crippen molar-refractivity contribution in [2.75, 3.05) is 0 Å². The maximum atomic E-state index is 3.97. The molecule has 16 heavy (non-hydrogen) atoms. The smallest absolute Gasteiger partial charge is 0.00488 e. The predicted molar refractivity (Wildman–Crippen MR) is 71.2 cm³/mol. The second-order valence-electron chi connectivity index (χ2n) is 6.32. The third-order valence-corrected chi connectivity index (χ3v) is 5.56. The van der Waals surface area contributed by atoms with Gasteiger partial charge in [0.2, 0.25) is 0 Å². The van der Waals surface area contributed by atoms with Gasteiger partial charge < -0.3 is 0 Å². The molecule has 2 rings (SSSR count). The normalized spacial score (nSPS) is 44.8. The van der Waals surface area contributed by atoms with Gasteiger partial charge in [-0.25, -0.2) is 0 Å². The van der Waals surface area contributed by atoms with Crippen molar-refractivity contribution in [1.29, 1.82) is 0 Å². The van der Waals surface area contributed by atoms with Crippen LogP contribution in [0.5, 0.6) is 0 Å². The fraction of sp³-hybridized carbons (Fsp3) is 0.750. The minimum atomic E-state index is 0.472. The van der Waals surface area contributed by atoms with E-state index in [9.17, 15) is 0 Å². The van der Waals surface area contributed by atoms with Gasteiger partial charge in [0, 0.05) is 0 Å². The molecule has 0 heteroatoms. The molecule has 0 amide bonds. The summed E-state index contributed by atoms with van der Waals surface area (Å²) in [4.78, 5) is 0. The first-order valence-corrected chi connectivity index (χ1v) is 6.83. The molecule has 0 aromatic rings. The Morgan fingerprint density at radius 1 is 1.50 bits per heavy atom. The van der Waals surface area contributed by atoms with Crippen LogP contribution in [0.15, 0.2) is 24.3 Å². The summed E-state index contributed by atoms with van der Waals surface area (Å²) in [6, 6.07) is 0. The summed E-state index contributed by atoms with van der Waals surface area (Å²) in [5.74, 6) is 3.23. The number of fused-ring (bicyclic) bond motifs is 1. The first kappa shape index (κ1) is 12.0. The average Bonchev–Trinajstić information content (AvgIpc) is 2.62. The van der Waals surface area contributed by atoms with Crippen molar-refractivity contribution in [3.63, 3.8) is 0 Å². The lowest BCUT2D eigenvalue weighted by Gasteiger charge is -2.47. The highest BCUT2D eigenvalue weighted by molar-refractivity contribution is 5.28.